The van der Waals surface area contributed by atoms with Crippen LogP contribution in [0.15, 0.2) is 0 Å². The summed E-state index contributed by atoms with van der Waals surface area (Å²) >= 11 is 0. The second-order valence-corrected chi connectivity index (χ2v) is 4.40. The molecule has 0 saturated carbocycles. The summed E-state index contributed by atoms with van der Waals surface area (Å²) in [5.74, 6) is -1.50. The average Bonchev–Trinajstić information content (AvgIpc) is 2.80. The first-order valence-electron chi connectivity index (χ1n) is 5.09. The van der Waals surface area contributed by atoms with Gasteiger partial charge in [0, 0.05) is 5.92 Å². The first kappa shape index (κ1) is 9.15. The summed E-state index contributed by atoms with van der Waals surface area (Å²) in [6.45, 7) is 1.94. The Morgan fingerprint density at radius 3 is 2.73 bits per heavy atom. The van der Waals surface area contributed by atoms with E-state index in [0.717, 1.165) is 0 Å². The van der Waals surface area contributed by atoms with Crippen molar-refractivity contribution in [3.05, 3.63) is 0 Å². The van der Waals surface area contributed by atoms with E-state index >= 15 is 0 Å². The monoisotopic (exact) mass is 212 g/mol. The van der Waals surface area contributed by atoms with E-state index in [1.54, 1.807) is 0 Å². The Morgan fingerprint density at radius 2 is 2.07 bits per heavy atom. The van der Waals surface area contributed by atoms with Gasteiger partial charge in [-0.05, 0) is 0 Å². The third kappa shape index (κ3) is 0.916. The number of rotatable bonds is 1. The summed E-state index contributed by atoms with van der Waals surface area (Å²) in [6.07, 6.45) is -0.612. The third-order valence-corrected chi connectivity index (χ3v) is 3.77. The maximum atomic E-state index is 11.6. The van der Waals surface area contributed by atoms with Crippen LogP contribution in [0.3, 0.4) is 0 Å². The van der Waals surface area contributed by atoms with Gasteiger partial charge >= 0.3 is 11.9 Å². The molecule has 3 fully saturated rings. The Labute approximate surface area is 86.7 Å². The fourth-order valence-corrected chi connectivity index (χ4v) is 3.06. The van der Waals surface area contributed by atoms with Crippen molar-refractivity contribution in [2.75, 3.05) is 7.11 Å². The van der Waals surface area contributed by atoms with Crippen LogP contribution in [0.25, 0.3) is 0 Å². The van der Waals surface area contributed by atoms with E-state index < -0.39 is 11.8 Å². The fourth-order valence-electron chi connectivity index (χ4n) is 3.06. The van der Waals surface area contributed by atoms with Crippen molar-refractivity contribution < 1.29 is 23.8 Å². The molecule has 3 rings (SSSR count). The summed E-state index contributed by atoms with van der Waals surface area (Å²) in [5, 5.41) is 0. The highest BCUT2D eigenvalue weighted by Gasteiger charge is 2.69. The predicted octanol–water partition coefficient (Wildman–Crippen LogP) is -0.266. The standard InChI is InChI=1S/C10H12O5/c1-3-6-4(9(11)13-2)5-8(14-6)7(3)15-10(5)12/h3-8H,1-2H3/t3-,4?,5?,6?,7?,8?/m0/s1. The van der Waals surface area contributed by atoms with Crippen LogP contribution in [0.2, 0.25) is 0 Å². The van der Waals surface area contributed by atoms with Crippen LogP contribution in [0.1, 0.15) is 6.92 Å². The lowest BCUT2D eigenvalue weighted by atomic mass is 9.75. The lowest BCUT2D eigenvalue weighted by molar-refractivity contribution is -0.153. The number of hydrogen-bond acceptors (Lipinski definition) is 5. The number of ether oxygens (including phenoxy) is 3. The van der Waals surface area contributed by atoms with Crippen LogP contribution >= 0.6 is 0 Å². The van der Waals surface area contributed by atoms with Crippen LogP contribution in [0.5, 0.6) is 0 Å². The van der Waals surface area contributed by atoms with Gasteiger partial charge in [0.15, 0.2) is 0 Å². The van der Waals surface area contributed by atoms with Crippen molar-refractivity contribution in [1.29, 1.82) is 0 Å². The Balaban J connectivity index is 1.98. The molecule has 3 aliphatic rings. The van der Waals surface area contributed by atoms with Gasteiger partial charge in [0.1, 0.15) is 18.1 Å². The van der Waals surface area contributed by atoms with Crippen molar-refractivity contribution in [2.24, 2.45) is 17.8 Å². The Hall–Kier alpha value is -1.10. The third-order valence-electron chi connectivity index (χ3n) is 3.77. The molecular weight excluding hydrogens is 200 g/mol. The fraction of sp³-hybridized carbons (Fsp3) is 0.800. The minimum absolute atomic E-state index is 0.0850. The largest absolute Gasteiger partial charge is 0.469 e. The Kier molecular flexibility index (Phi) is 1.66. The molecule has 0 aromatic carbocycles. The predicted molar refractivity (Wildman–Crippen MR) is 46.7 cm³/mol. The molecule has 0 aromatic heterocycles. The van der Waals surface area contributed by atoms with Crippen LogP contribution in [0.4, 0.5) is 0 Å². The number of carbonyl (C=O) groups excluding carboxylic acids is 2. The second kappa shape index (κ2) is 2.72. The number of methoxy groups -OCH3 is 1. The number of esters is 2. The van der Waals surface area contributed by atoms with Gasteiger partial charge in [-0.2, -0.15) is 0 Å². The molecule has 5 nitrogen and oxygen atoms in total. The zero-order valence-corrected chi connectivity index (χ0v) is 8.51. The maximum Gasteiger partial charge on any atom is 0.313 e. The molecule has 0 aliphatic carbocycles. The molecule has 3 saturated heterocycles. The molecule has 0 spiro atoms. The Bertz CT molecular complexity index is 339. The molecule has 0 radical (unpaired) electrons. The van der Waals surface area contributed by atoms with Gasteiger partial charge in [-0.1, -0.05) is 6.92 Å². The van der Waals surface area contributed by atoms with E-state index in [4.69, 9.17) is 14.2 Å². The quantitative estimate of drug-likeness (QED) is 0.560. The summed E-state index contributed by atoms with van der Waals surface area (Å²) in [4.78, 5) is 23.1. The van der Waals surface area contributed by atoms with E-state index in [2.05, 4.69) is 0 Å². The molecule has 6 atom stereocenters. The average molecular weight is 212 g/mol. The summed E-state index contributed by atoms with van der Waals surface area (Å²) in [5.41, 5.74) is 0. The summed E-state index contributed by atoms with van der Waals surface area (Å²) in [7, 11) is 1.33. The van der Waals surface area contributed by atoms with Gasteiger partial charge in [-0.25, -0.2) is 0 Å². The van der Waals surface area contributed by atoms with E-state index in [1.807, 2.05) is 6.92 Å². The van der Waals surface area contributed by atoms with E-state index in [1.165, 1.54) is 7.11 Å². The number of hydrogen-bond donors (Lipinski definition) is 0. The first-order chi connectivity index (χ1) is 7.15. The Morgan fingerprint density at radius 1 is 1.33 bits per heavy atom. The zero-order valence-electron chi connectivity index (χ0n) is 8.51. The molecule has 3 aliphatic heterocycles. The first-order valence-corrected chi connectivity index (χ1v) is 5.09. The zero-order chi connectivity index (χ0) is 10.7. The number of carbonyl (C=O) groups is 2. The molecular formula is C10H12O5. The minimum atomic E-state index is -0.471. The SMILES string of the molecule is COC(=O)C1C2C(=O)OC3C2OC1[C@@H]3C. The van der Waals surface area contributed by atoms with Gasteiger partial charge < -0.3 is 14.2 Å². The van der Waals surface area contributed by atoms with E-state index in [-0.39, 0.29) is 36.2 Å². The highest BCUT2D eigenvalue weighted by molar-refractivity contribution is 5.86. The van der Waals surface area contributed by atoms with Crippen molar-refractivity contribution in [1.82, 2.24) is 0 Å². The lowest BCUT2D eigenvalue weighted by Crippen LogP contribution is -2.41. The van der Waals surface area contributed by atoms with Crippen LogP contribution in [-0.2, 0) is 23.8 Å². The minimum Gasteiger partial charge on any atom is -0.469 e. The molecule has 3 heterocycles. The normalized spacial score (nSPS) is 50.7. The van der Waals surface area contributed by atoms with Gasteiger partial charge in [0.2, 0.25) is 0 Å². The second-order valence-electron chi connectivity index (χ2n) is 4.40. The smallest absolute Gasteiger partial charge is 0.313 e. The van der Waals surface area contributed by atoms with Crippen LogP contribution < -0.4 is 0 Å². The van der Waals surface area contributed by atoms with Crippen molar-refractivity contribution in [2.45, 2.75) is 25.2 Å². The molecule has 0 amide bonds. The van der Waals surface area contributed by atoms with Crippen molar-refractivity contribution in [3.8, 4) is 0 Å². The summed E-state index contributed by atoms with van der Waals surface area (Å²) < 4.78 is 15.5. The van der Waals surface area contributed by atoms with Gasteiger partial charge in [0.05, 0.1) is 19.1 Å². The van der Waals surface area contributed by atoms with Crippen molar-refractivity contribution in [3.63, 3.8) is 0 Å². The molecule has 0 N–H and O–H groups in total. The van der Waals surface area contributed by atoms with Crippen molar-refractivity contribution >= 4 is 11.9 Å². The highest BCUT2D eigenvalue weighted by Crippen LogP contribution is 2.52. The maximum absolute atomic E-state index is 11.6. The molecule has 5 unspecified atom stereocenters. The highest BCUT2D eigenvalue weighted by atomic mass is 16.6. The van der Waals surface area contributed by atoms with Gasteiger partial charge in [0.25, 0.3) is 0 Å². The summed E-state index contributed by atoms with van der Waals surface area (Å²) in [6, 6.07) is 0. The molecule has 5 heteroatoms. The molecule has 0 aromatic rings. The topological polar surface area (TPSA) is 61.8 Å². The molecule has 82 valence electrons. The van der Waals surface area contributed by atoms with E-state index in [0.29, 0.717) is 0 Å². The number of fused-ring (bicyclic) bond motifs is 1. The van der Waals surface area contributed by atoms with Gasteiger partial charge in [-0.15, -0.1) is 0 Å². The van der Waals surface area contributed by atoms with E-state index in [9.17, 15) is 9.59 Å². The molecule has 15 heavy (non-hydrogen) atoms. The molecule has 2 bridgehead atoms. The van der Waals surface area contributed by atoms with Crippen LogP contribution in [-0.4, -0.2) is 37.4 Å². The van der Waals surface area contributed by atoms with Gasteiger partial charge in [-0.3, -0.25) is 9.59 Å². The lowest BCUT2D eigenvalue weighted by Gasteiger charge is -2.23. The van der Waals surface area contributed by atoms with Crippen LogP contribution in [0, 0.1) is 17.8 Å².